The Morgan fingerprint density at radius 2 is 1.89 bits per heavy atom. The lowest BCUT2D eigenvalue weighted by Crippen LogP contribution is -2.55. The highest BCUT2D eigenvalue weighted by Gasteiger charge is 2.40. The quantitative estimate of drug-likeness (QED) is 0.442. The maximum atomic E-state index is 14.2. The monoisotopic (exact) mass is 521 g/mol. The van der Waals surface area contributed by atoms with Gasteiger partial charge in [0.15, 0.2) is 5.01 Å². The van der Waals surface area contributed by atoms with Crippen molar-refractivity contribution in [1.29, 1.82) is 0 Å². The normalized spacial score (nSPS) is 20.1. The molecular weight excluding hydrogens is 486 g/mol. The van der Waals surface area contributed by atoms with Crippen LogP contribution in [0.3, 0.4) is 0 Å². The molecule has 196 valence electrons. The van der Waals surface area contributed by atoms with Crippen LogP contribution in [0.15, 0.2) is 47.2 Å². The zero-order chi connectivity index (χ0) is 25.8. The summed E-state index contributed by atoms with van der Waals surface area (Å²) in [6, 6.07) is 9.10. The third kappa shape index (κ3) is 5.48. The highest BCUT2D eigenvalue weighted by molar-refractivity contribution is 7.15. The number of nitrogens with one attached hydrogen (secondary N) is 2. The van der Waals surface area contributed by atoms with Crippen molar-refractivity contribution in [3.8, 4) is 22.2 Å². The van der Waals surface area contributed by atoms with E-state index in [1.54, 1.807) is 30.8 Å². The van der Waals surface area contributed by atoms with Crippen LogP contribution in [0.5, 0.6) is 0 Å². The van der Waals surface area contributed by atoms with E-state index >= 15 is 0 Å². The number of likely N-dealkylation sites (N-methyl/N-ethyl adjacent to an activating group) is 1. The summed E-state index contributed by atoms with van der Waals surface area (Å²) in [5.41, 5.74) is 1.87. The van der Waals surface area contributed by atoms with Crippen LogP contribution >= 0.6 is 11.3 Å². The van der Waals surface area contributed by atoms with Gasteiger partial charge in [-0.2, -0.15) is 0 Å². The molecule has 1 saturated heterocycles. The van der Waals surface area contributed by atoms with Gasteiger partial charge in [0.2, 0.25) is 11.8 Å². The summed E-state index contributed by atoms with van der Waals surface area (Å²) in [6.45, 7) is 2.49. The molecular formula is C28H35N5O3S. The highest BCUT2D eigenvalue weighted by Crippen LogP contribution is 2.44. The third-order valence-electron chi connectivity index (χ3n) is 7.67. The summed E-state index contributed by atoms with van der Waals surface area (Å²) in [5, 5.41) is 6.84. The number of likely N-dealkylation sites (tertiary alicyclic amines) is 1. The number of carbonyl (C=O) groups excluding carboxylic acids is 2. The van der Waals surface area contributed by atoms with E-state index < -0.39 is 6.04 Å². The molecule has 2 aromatic heterocycles. The van der Waals surface area contributed by atoms with E-state index in [0.29, 0.717) is 17.4 Å². The molecule has 3 aromatic rings. The molecule has 2 amide bonds. The van der Waals surface area contributed by atoms with E-state index in [1.807, 2.05) is 42.2 Å². The third-order valence-corrected chi connectivity index (χ3v) is 8.81. The molecule has 1 aliphatic heterocycles. The number of oxazole rings is 1. The number of rotatable bonds is 8. The van der Waals surface area contributed by atoms with Crippen molar-refractivity contribution in [2.24, 2.45) is 5.92 Å². The van der Waals surface area contributed by atoms with Crippen LogP contribution in [0.2, 0.25) is 0 Å². The summed E-state index contributed by atoms with van der Waals surface area (Å²) in [5.74, 6) is 0.540. The molecule has 2 aliphatic rings. The molecule has 8 nitrogen and oxygen atoms in total. The molecule has 0 bridgehead atoms. The van der Waals surface area contributed by atoms with Crippen molar-refractivity contribution in [2.75, 3.05) is 13.6 Å². The maximum absolute atomic E-state index is 14.2. The molecule has 2 N–H and O–H groups in total. The van der Waals surface area contributed by atoms with Gasteiger partial charge in [0.05, 0.1) is 28.9 Å². The number of benzene rings is 1. The summed E-state index contributed by atoms with van der Waals surface area (Å²) in [4.78, 5) is 39.4. The molecule has 1 saturated carbocycles. The Hall–Kier alpha value is -3.04. The molecule has 1 aromatic carbocycles. The van der Waals surface area contributed by atoms with Crippen LogP contribution in [-0.4, -0.2) is 52.4 Å². The second kappa shape index (κ2) is 11.6. The van der Waals surface area contributed by atoms with Crippen molar-refractivity contribution in [1.82, 2.24) is 25.5 Å². The molecule has 0 spiro atoms. The fourth-order valence-corrected chi connectivity index (χ4v) is 6.70. The molecule has 2 fully saturated rings. The molecule has 37 heavy (non-hydrogen) atoms. The van der Waals surface area contributed by atoms with E-state index in [0.717, 1.165) is 54.7 Å². The van der Waals surface area contributed by atoms with Crippen molar-refractivity contribution < 1.29 is 14.0 Å². The Morgan fingerprint density at radius 1 is 1.11 bits per heavy atom. The van der Waals surface area contributed by atoms with Gasteiger partial charge in [-0.1, -0.05) is 49.6 Å². The van der Waals surface area contributed by atoms with Gasteiger partial charge in [0.1, 0.15) is 12.3 Å². The molecule has 3 heterocycles. The Kier molecular flexibility index (Phi) is 8.00. The zero-order valence-corrected chi connectivity index (χ0v) is 22.3. The van der Waals surface area contributed by atoms with Gasteiger partial charge in [-0.15, -0.1) is 11.3 Å². The first-order chi connectivity index (χ1) is 18.1. The van der Waals surface area contributed by atoms with Gasteiger partial charge in [-0.25, -0.2) is 9.97 Å². The Morgan fingerprint density at radius 3 is 2.59 bits per heavy atom. The molecule has 1 aliphatic carbocycles. The van der Waals surface area contributed by atoms with E-state index in [2.05, 4.69) is 15.6 Å². The van der Waals surface area contributed by atoms with Crippen LogP contribution in [0, 0.1) is 5.92 Å². The lowest BCUT2D eigenvalue weighted by Gasteiger charge is -2.35. The van der Waals surface area contributed by atoms with Gasteiger partial charge in [0.25, 0.3) is 5.89 Å². The zero-order valence-electron chi connectivity index (χ0n) is 21.5. The number of aromatic nitrogens is 2. The van der Waals surface area contributed by atoms with E-state index in [9.17, 15) is 9.59 Å². The second-order valence-corrected chi connectivity index (χ2v) is 11.1. The first-order valence-electron chi connectivity index (χ1n) is 13.3. The Bertz CT molecular complexity index is 1190. The first-order valence-corrected chi connectivity index (χ1v) is 14.1. The molecule has 5 rings (SSSR count). The first kappa shape index (κ1) is 25.6. The maximum Gasteiger partial charge on any atom is 0.255 e. The standard InChI is InChI=1S/C28H35N5O3S/c1-18(29-2)25(34)31-23(20-12-7-4-8-13-20)28(35)33-16-9-14-21(33)24-22(19-10-5-3-6-11-19)32-27(37-24)26-30-15-17-36-26/h3,5-6,10-11,15,17-18,20-21,23,29H,4,7-9,12-14,16H2,1-2H3,(H,31,34)/t18-,21-,23-/m0/s1. The average molecular weight is 522 g/mol. The predicted octanol–water partition coefficient (Wildman–Crippen LogP) is 4.80. The largest absolute Gasteiger partial charge is 0.443 e. The topological polar surface area (TPSA) is 100 Å². The van der Waals surface area contributed by atoms with Crippen LogP contribution in [0.25, 0.3) is 22.2 Å². The number of nitrogens with zero attached hydrogens (tertiary/aromatic N) is 3. The Labute approximate surface area is 221 Å². The minimum Gasteiger partial charge on any atom is -0.443 e. The fourth-order valence-electron chi connectivity index (χ4n) is 5.52. The number of hydrogen-bond acceptors (Lipinski definition) is 7. The van der Waals surface area contributed by atoms with E-state index in [1.165, 1.54) is 6.42 Å². The fraction of sp³-hybridized carbons (Fsp3) is 0.500. The molecule has 9 heteroatoms. The Balaban J connectivity index is 1.48. The molecule has 0 unspecified atom stereocenters. The lowest BCUT2D eigenvalue weighted by atomic mass is 9.83. The molecule has 0 radical (unpaired) electrons. The van der Waals surface area contributed by atoms with Crippen LogP contribution in [-0.2, 0) is 9.59 Å². The number of thiazole rings is 1. The molecule has 3 atom stereocenters. The van der Waals surface area contributed by atoms with Crippen molar-refractivity contribution >= 4 is 23.2 Å². The minimum atomic E-state index is -0.511. The lowest BCUT2D eigenvalue weighted by molar-refractivity contribution is -0.139. The van der Waals surface area contributed by atoms with Crippen LogP contribution < -0.4 is 10.6 Å². The SMILES string of the molecule is CN[C@@H](C)C(=O)N[C@H](C(=O)N1CCC[C@H]1c1sc(-c2ncco2)nc1-c1ccccc1)C1CCCCC1. The summed E-state index contributed by atoms with van der Waals surface area (Å²) < 4.78 is 5.56. The van der Waals surface area contributed by atoms with Crippen molar-refractivity contribution in [3.63, 3.8) is 0 Å². The number of amides is 2. The summed E-state index contributed by atoms with van der Waals surface area (Å²) in [7, 11) is 1.76. The van der Waals surface area contributed by atoms with Gasteiger partial charge >= 0.3 is 0 Å². The summed E-state index contributed by atoms with van der Waals surface area (Å²) >= 11 is 1.54. The van der Waals surface area contributed by atoms with Gasteiger partial charge in [0, 0.05) is 12.1 Å². The second-order valence-electron chi connectivity index (χ2n) is 10.0. The highest BCUT2D eigenvalue weighted by atomic mass is 32.1. The van der Waals surface area contributed by atoms with E-state index in [4.69, 9.17) is 9.40 Å². The van der Waals surface area contributed by atoms with Crippen LogP contribution in [0.1, 0.15) is 62.8 Å². The smallest absolute Gasteiger partial charge is 0.255 e. The van der Waals surface area contributed by atoms with E-state index in [-0.39, 0.29) is 29.8 Å². The van der Waals surface area contributed by atoms with Crippen molar-refractivity contribution in [2.45, 2.75) is 70.0 Å². The van der Waals surface area contributed by atoms with Gasteiger partial charge in [-0.05, 0) is 45.6 Å². The summed E-state index contributed by atoms with van der Waals surface area (Å²) in [6.07, 6.45) is 10.3. The predicted molar refractivity (Wildman–Crippen MR) is 144 cm³/mol. The number of carbonyl (C=O) groups is 2. The van der Waals surface area contributed by atoms with Crippen molar-refractivity contribution in [3.05, 3.63) is 47.7 Å². The number of hydrogen-bond donors (Lipinski definition) is 2. The van der Waals surface area contributed by atoms with Crippen LogP contribution in [0.4, 0.5) is 0 Å². The minimum absolute atomic E-state index is 0.0242. The van der Waals surface area contributed by atoms with Gasteiger partial charge < -0.3 is 20.0 Å². The average Bonchev–Trinajstić information content (AvgIpc) is 3.72. The van der Waals surface area contributed by atoms with Gasteiger partial charge in [-0.3, -0.25) is 9.59 Å².